The highest BCUT2D eigenvalue weighted by atomic mass is 35.5. The number of hydrogen-bond donors (Lipinski definition) is 0. The van der Waals surface area contributed by atoms with E-state index in [0.717, 1.165) is 35.8 Å². The number of hydrogen-bond acceptors (Lipinski definition) is 6. The fourth-order valence-corrected chi connectivity index (χ4v) is 3.52. The molecule has 19 heavy (non-hydrogen) atoms. The second-order valence-corrected chi connectivity index (χ2v) is 5.59. The molecule has 0 saturated carbocycles. The monoisotopic (exact) mass is 294 g/mol. The SMILES string of the molecule is Cc1cc([C@H]2CCCN2c2snc(Cl)c2C#N)no1. The van der Waals surface area contributed by atoms with Crippen molar-refractivity contribution in [2.75, 3.05) is 11.4 Å². The van der Waals surface area contributed by atoms with Crippen LogP contribution in [0.2, 0.25) is 5.15 Å². The molecule has 2 aromatic rings. The summed E-state index contributed by atoms with van der Waals surface area (Å²) in [5.74, 6) is 0.796. The van der Waals surface area contributed by atoms with Crippen LogP contribution in [0, 0.1) is 18.3 Å². The Morgan fingerprint density at radius 2 is 2.47 bits per heavy atom. The van der Waals surface area contributed by atoms with Crippen LogP contribution >= 0.6 is 23.1 Å². The van der Waals surface area contributed by atoms with Crippen LogP contribution in [0.5, 0.6) is 0 Å². The van der Waals surface area contributed by atoms with Crippen LogP contribution in [0.25, 0.3) is 0 Å². The molecular weight excluding hydrogens is 284 g/mol. The average Bonchev–Trinajstić information content (AvgIpc) is 3.07. The topological polar surface area (TPSA) is 66.0 Å². The molecule has 7 heteroatoms. The maximum atomic E-state index is 9.18. The number of rotatable bonds is 2. The van der Waals surface area contributed by atoms with Gasteiger partial charge in [0, 0.05) is 12.6 Å². The molecule has 1 atom stereocenters. The minimum atomic E-state index is 0.140. The molecule has 2 aromatic heterocycles. The number of nitriles is 1. The summed E-state index contributed by atoms with van der Waals surface area (Å²) < 4.78 is 9.21. The van der Waals surface area contributed by atoms with Gasteiger partial charge in [-0.05, 0) is 31.3 Å². The van der Waals surface area contributed by atoms with Crippen LogP contribution in [0.15, 0.2) is 10.6 Å². The number of anilines is 1. The zero-order chi connectivity index (χ0) is 13.4. The van der Waals surface area contributed by atoms with Crippen molar-refractivity contribution in [3.63, 3.8) is 0 Å². The average molecular weight is 295 g/mol. The summed E-state index contributed by atoms with van der Waals surface area (Å²) in [6.07, 6.45) is 2.04. The predicted octanol–water partition coefficient (Wildman–Crippen LogP) is 3.31. The van der Waals surface area contributed by atoms with Gasteiger partial charge in [-0.15, -0.1) is 0 Å². The van der Waals surface area contributed by atoms with Gasteiger partial charge in [-0.1, -0.05) is 16.8 Å². The lowest BCUT2D eigenvalue weighted by atomic mass is 10.1. The van der Waals surface area contributed by atoms with Gasteiger partial charge in [0.2, 0.25) is 0 Å². The molecular formula is C12H11ClN4OS. The minimum Gasteiger partial charge on any atom is -0.361 e. The molecule has 1 aliphatic heterocycles. The Balaban J connectivity index is 1.98. The van der Waals surface area contributed by atoms with Gasteiger partial charge in [-0.3, -0.25) is 0 Å². The number of nitrogens with zero attached hydrogens (tertiary/aromatic N) is 4. The summed E-state index contributed by atoms with van der Waals surface area (Å²) in [7, 11) is 0. The van der Waals surface area contributed by atoms with Crippen molar-refractivity contribution < 1.29 is 4.52 Å². The Kier molecular flexibility index (Phi) is 3.17. The van der Waals surface area contributed by atoms with Crippen molar-refractivity contribution in [2.45, 2.75) is 25.8 Å². The van der Waals surface area contributed by atoms with Gasteiger partial charge >= 0.3 is 0 Å². The van der Waals surface area contributed by atoms with E-state index in [4.69, 9.17) is 16.1 Å². The Hall–Kier alpha value is -1.58. The van der Waals surface area contributed by atoms with Crippen molar-refractivity contribution in [2.24, 2.45) is 0 Å². The summed E-state index contributed by atoms with van der Waals surface area (Å²) in [5, 5.41) is 14.4. The number of aryl methyl sites for hydroxylation is 1. The molecule has 0 bridgehead atoms. The van der Waals surface area contributed by atoms with Gasteiger partial charge < -0.3 is 9.42 Å². The van der Waals surface area contributed by atoms with Crippen molar-refractivity contribution in [3.05, 3.63) is 28.2 Å². The maximum absolute atomic E-state index is 9.18. The van der Waals surface area contributed by atoms with E-state index in [9.17, 15) is 5.26 Å². The maximum Gasteiger partial charge on any atom is 0.162 e. The van der Waals surface area contributed by atoms with Crippen molar-refractivity contribution in [1.82, 2.24) is 9.53 Å². The van der Waals surface area contributed by atoms with Crippen LogP contribution in [-0.4, -0.2) is 16.1 Å². The Morgan fingerprint density at radius 1 is 1.63 bits per heavy atom. The second-order valence-electron chi connectivity index (χ2n) is 4.48. The summed E-state index contributed by atoms with van der Waals surface area (Å²) in [6, 6.07) is 4.21. The molecule has 98 valence electrons. The number of aromatic nitrogens is 2. The lowest BCUT2D eigenvalue weighted by Crippen LogP contribution is -2.22. The standard InChI is InChI=1S/C12H11ClN4OS/c1-7-5-9(15-18-7)10-3-2-4-17(10)12-8(6-14)11(13)16-19-12/h5,10H,2-4H2,1H3/t10-/m1/s1. The molecule has 0 radical (unpaired) electrons. The van der Waals surface area contributed by atoms with Crippen LogP contribution < -0.4 is 4.90 Å². The van der Waals surface area contributed by atoms with E-state index in [0.29, 0.717) is 5.56 Å². The van der Waals surface area contributed by atoms with E-state index < -0.39 is 0 Å². The molecule has 1 aliphatic rings. The zero-order valence-electron chi connectivity index (χ0n) is 10.3. The van der Waals surface area contributed by atoms with Gasteiger partial charge in [-0.25, -0.2) is 0 Å². The fourth-order valence-electron chi connectivity index (χ4n) is 2.41. The van der Waals surface area contributed by atoms with E-state index >= 15 is 0 Å². The molecule has 1 fully saturated rings. The van der Waals surface area contributed by atoms with E-state index in [1.807, 2.05) is 13.0 Å². The van der Waals surface area contributed by atoms with Gasteiger partial charge in [0.1, 0.15) is 28.1 Å². The first kappa shape index (κ1) is 12.5. The van der Waals surface area contributed by atoms with Crippen LogP contribution in [-0.2, 0) is 0 Å². The molecule has 0 aliphatic carbocycles. The van der Waals surface area contributed by atoms with Gasteiger partial charge in [-0.2, -0.15) is 9.64 Å². The summed E-state index contributed by atoms with van der Waals surface area (Å²) in [4.78, 5) is 2.15. The van der Waals surface area contributed by atoms with Gasteiger partial charge in [0.05, 0.1) is 6.04 Å². The van der Waals surface area contributed by atoms with E-state index in [1.54, 1.807) is 0 Å². The molecule has 1 saturated heterocycles. The van der Waals surface area contributed by atoms with Crippen LogP contribution in [0.1, 0.15) is 35.9 Å². The normalized spacial score (nSPS) is 18.8. The van der Waals surface area contributed by atoms with Crippen LogP contribution in [0.4, 0.5) is 5.00 Å². The van der Waals surface area contributed by atoms with Crippen molar-refractivity contribution >= 4 is 28.1 Å². The summed E-state index contributed by atoms with van der Waals surface area (Å²) in [5.41, 5.74) is 1.36. The largest absolute Gasteiger partial charge is 0.361 e. The van der Waals surface area contributed by atoms with E-state index in [-0.39, 0.29) is 11.2 Å². The molecule has 0 aromatic carbocycles. The third-order valence-corrected chi connectivity index (χ3v) is 4.50. The summed E-state index contributed by atoms with van der Waals surface area (Å²) >= 11 is 7.20. The quantitative estimate of drug-likeness (QED) is 0.850. The summed E-state index contributed by atoms with van der Waals surface area (Å²) in [6.45, 7) is 2.75. The third kappa shape index (κ3) is 2.09. The first-order valence-electron chi connectivity index (χ1n) is 5.96. The molecule has 0 N–H and O–H groups in total. The minimum absolute atomic E-state index is 0.140. The van der Waals surface area contributed by atoms with Crippen molar-refractivity contribution in [1.29, 1.82) is 5.26 Å². The highest BCUT2D eigenvalue weighted by Gasteiger charge is 2.32. The number of halogens is 1. The first-order valence-corrected chi connectivity index (χ1v) is 7.11. The fraction of sp³-hybridized carbons (Fsp3) is 0.417. The molecule has 3 heterocycles. The van der Waals surface area contributed by atoms with E-state index in [1.165, 1.54) is 11.5 Å². The molecule has 3 rings (SSSR count). The smallest absolute Gasteiger partial charge is 0.162 e. The Bertz CT molecular complexity index is 644. The first-order chi connectivity index (χ1) is 9.20. The molecule has 0 amide bonds. The Labute approximate surface area is 119 Å². The lowest BCUT2D eigenvalue weighted by Gasteiger charge is -2.23. The molecule has 5 nitrogen and oxygen atoms in total. The Morgan fingerprint density at radius 3 is 3.16 bits per heavy atom. The van der Waals surface area contributed by atoms with Crippen molar-refractivity contribution in [3.8, 4) is 6.07 Å². The molecule has 0 unspecified atom stereocenters. The van der Waals surface area contributed by atoms with Gasteiger partial charge in [0.15, 0.2) is 5.15 Å². The van der Waals surface area contributed by atoms with Crippen LogP contribution in [0.3, 0.4) is 0 Å². The predicted molar refractivity (Wildman–Crippen MR) is 72.4 cm³/mol. The van der Waals surface area contributed by atoms with Gasteiger partial charge in [0.25, 0.3) is 0 Å². The molecule has 0 spiro atoms. The second kappa shape index (κ2) is 4.83. The highest BCUT2D eigenvalue weighted by Crippen LogP contribution is 2.41. The zero-order valence-corrected chi connectivity index (χ0v) is 11.8. The highest BCUT2D eigenvalue weighted by molar-refractivity contribution is 7.10. The lowest BCUT2D eigenvalue weighted by molar-refractivity contribution is 0.385. The third-order valence-electron chi connectivity index (χ3n) is 3.25. The van der Waals surface area contributed by atoms with E-state index in [2.05, 4.69) is 20.5 Å².